The fraction of sp³-hybridized carbons (Fsp3) is 0.417. The molecule has 1 fully saturated rings. The van der Waals surface area contributed by atoms with E-state index in [-0.39, 0.29) is 11.9 Å². The monoisotopic (exact) mass is 218 g/mol. The third-order valence-electron chi connectivity index (χ3n) is 3.02. The second kappa shape index (κ2) is 3.49. The molecular formula is C12H14N2O2. The van der Waals surface area contributed by atoms with Crippen LogP contribution < -0.4 is 0 Å². The van der Waals surface area contributed by atoms with Crippen molar-refractivity contribution in [2.45, 2.75) is 32.0 Å². The van der Waals surface area contributed by atoms with Crippen molar-refractivity contribution in [1.82, 2.24) is 9.97 Å². The number of hydrogen-bond acceptors (Lipinski definition) is 3. The van der Waals surface area contributed by atoms with Gasteiger partial charge in [0.05, 0.1) is 17.1 Å². The van der Waals surface area contributed by atoms with E-state index in [1.807, 2.05) is 6.07 Å². The minimum atomic E-state index is 0.0737. The summed E-state index contributed by atoms with van der Waals surface area (Å²) in [7, 11) is 0. The van der Waals surface area contributed by atoms with Crippen molar-refractivity contribution in [3.05, 3.63) is 24.0 Å². The molecule has 2 N–H and O–H groups in total. The summed E-state index contributed by atoms with van der Waals surface area (Å²) in [5.74, 6) is 1.12. The number of phenolic OH excluding ortho intramolecular Hbond substituents is 1. The SMILES string of the molecule is CC1CCC(c2nc3ccc(O)cc3[nH]2)O1. The number of benzene rings is 1. The average molecular weight is 218 g/mol. The van der Waals surface area contributed by atoms with E-state index in [9.17, 15) is 5.11 Å². The third-order valence-corrected chi connectivity index (χ3v) is 3.02. The average Bonchev–Trinajstić information content (AvgIpc) is 2.83. The molecule has 4 nitrogen and oxygen atoms in total. The zero-order valence-electron chi connectivity index (χ0n) is 9.10. The number of H-pyrrole nitrogens is 1. The van der Waals surface area contributed by atoms with Crippen LogP contribution in [0.5, 0.6) is 5.75 Å². The molecule has 1 aliphatic rings. The number of rotatable bonds is 1. The lowest BCUT2D eigenvalue weighted by atomic mass is 10.2. The first kappa shape index (κ1) is 9.66. The Balaban J connectivity index is 1.99. The normalized spacial score (nSPS) is 25.3. The van der Waals surface area contributed by atoms with Crippen LogP contribution in [0.2, 0.25) is 0 Å². The Morgan fingerprint density at radius 2 is 2.31 bits per heavy atom. The molecule has 2 unspecified atom stereocenters. The largest absolute Gasteiger partial charge is 0.508 e. The first-order valence-electron chi connectivity index (χ1n) is 5.56. The Kier molecular flexibility index (Phi) is 2.11. The van der Waals surface area contributed by atoms with Gasteiger partial charge >= 0.3 is 0 Å². The lowest BCUT2D eigenvalue weighted by Crippen LogP contribution is -2.02. The summed E-state index contributed by atoms with van der Waals surface area (Å²) in [6.45, 7) is 2.08. The Morgan fingerprint density at radius 1 is 1.44 bits per heavy atom. The van der Waals surface area contributed by atoms with Crippen LogP contribution in [0, 0.1) is 0 Å². The molecule has 0 amide bonds. The van der Waals surface area contributed by atoms with E-state index in [2.05, 4.69) is 16.9 Å². The lowest BCUT2D eigenvalue weighted by molar-refractivity contribution is 0.0510. The first-order valence-corrected chi connectivity index (χ1v) is 5.56. The maximum Gasteiger partial charge on any atom is 0.136 e. The van der Waals surface area contributed by atoms with Crippen LogP contribution in [0.4, 0.5) is 0 Å². The highest BCUT2D eigenvalue weighted by Gasteiger charge is 2.25. The highest BCUT2D eigenvalue weighted by Crippen LogP contribution is 2.32. The molecule has 1 saturated heterocycles. The number of ether oxygens (including phenoxy) is 1. The molecule has 2 aromatic rings. The lowest BCUT2D eigenvalue weighted by Gasteiger charge is -2.06. The molecule has 1 aliphatic heterocycles. The van der Waals surface area contributed by atoms with Crippen molar-refractivity contribution < 1.29 is 9.84 Å². The number of fused-ring (bicyclic) bond motifs is 1. The van der Waals surface area contributed by atoms with Crippen LogP contribution in [-0.4, -0.2) is 21.2 Å². The highest BCUT2D eigenvalue weighted by atomic mass is 16.5. The van der Waals surface area contributed by atoms with Gasteiger partial charge in [-0.05, 0) is 31.9 Å². The molecular weight excluding hydrogens is 204 g/mol. The Bertz CT molecular complexity index is 521. The number of aromatic hydroxyl groups is 1. The molecule has 4 heteroatoms. The molecule has 0 saturated carbocycles. The van der Waals surface area contributed by atoms with Gasteiger partial charge in [0.25, 0.3) is 0 Å². The molecule has 2 heterocycles. The van der Waals surface area contributed by atoms with Gasteiger partial charge < -0.3 is 14.8 Å². The minimum absolute atomic E-state index is 0.0737. The van der Waals surface area contributed by atoms with Gasteiger partial charge in [-0.25, -0.2) is 4.98 Å². The molecule has 2 atom stereocenters. The maximum absolute atomic E-state index is 9.37. The predicted molar refractivity (Wildman–Crippen MR) is 60.3 cm³/mol. The van der Waals surface area contributed by atoms with Crippen molar-refractivity contribution in [3.8, 4) is 5.75 Å². The standard InChI is InChI=1S/C12H14N2O2/c1-7-2-5-11(16-7)12-13-9-4-3-8(15)6-10(9)14-12/h3-4,6-7,11,15H,2,5H2,1H3,(H,13,14). The third kappa shape index (κ3) is 1.55. The molecule has 0 aliphatic carbocycles. The van der Waals surface area contributed by atoms with E-state index in [4.69, 9.17) is 4.74 Å². The van der Waals surface area contributed by atoms with Crippen LogP contribution in [-0.2, 0) is 4.74 Å². The van der Waals surface area contributed by atoms with Crippen molar-refractivity contribution in [2.24, 2.45) is 0 Å². The van der Waals surface area contributed by atoms with Crippen molar-refractivity contribution in [2.75, 3.05) is 0 Å². The summed E-state index contributed by atoms with van der Waals surface area (Å²) in [6, 6.07) is 5.14. The molecule has 0 spiro atoms. The fourth-order valence-electron chi connectivity index (χ4n) is 2.17. The number of hydrogen-bond donors (Lipinski definition) is 2. The Labute approximate surface area is 93.3 Å². The van der Waals surface area contributed by atoms with E-state index in [0.717, 1.165) is 29.7 Å². The maximum atomic E-state index is 9.37. The summed E-state index contributed by atoms with van der Waals surface area (Å²) in [4.78, 5) is 7.68. The second-order valence-electron chi connectivity index (χ2n) is 4.34. The van der Waals surface area contributed by atoms with Crippen LogP contribution >= 0.6 is 0 Å². The van der Waals surface area contributed by atoms with E-state index < -0.39 is 0 Å². The molecule has 1 aromatic heterocycles. The summed E-state index contributed by atoms with van der Waals surface area (Å²) < 4.78 is 5.75. The van der Waals surface area contributed by atoms with E-state index in [1.54, 1.807) is 12.1 Å². The molecule has 16 heavy (non-hydrogen) atoms. The topological polar surface area (TPSA) is 58.1 Å². The molecule has 0 radical (unpaired) electrons. The molecule has 0 bridgehead atoms. The van der Waals surface area contributed by atoms with E-state index in [0.29, 0.717) is 6.10 Å². The van der Waals surface area contributed by atoms with E-state index >= 15 is 0 Å². The van der Waals surface area contributed by atoms with Crippen LogP contribution in [0.1, 0.15) is 31.7 Å². The van der Waals surface area contributed by atoms with Crippen molar-refractivity contribution in [3.63, 3.8) is 0 Å². The van der Waals surface area contributed by atoms with Crippen LogP contribution in [0.3, 0.4) is 0 Å². The smallest absolute Gasteiger partial charge is 0.136 e. The number of nitrogens with one attached hydrogen (secondary N) is 1. The summed E-state index contributed by atoms with van der Waals surface area (Å²) in [5.41, 5.74) is 1.73. The van der Waals surface area contributed by atoms with Crippen LogP contribution in [0.25, 0.3) is 11.0 Å². The Morgan fingerprint density at radius 3 is 3.06 bits per heavy atom. The summed E-state index contributed by atoms with van der Waals surface area (Å²) in [6.07, 6.45) is 2.47. The summed E-state index contributed by atoms with van der Waals surface area (Å²) in [5, 5.41) is 9.37. The zero-order valence-corrected chi connectivity index (χ0v) is 9.10. The van der Waals surface area contributed by atoms with Crippen LogP contribution in [0.15, 0.2) is 18.2 Å². The number of nitrogens with zero attached hydrogens (tertiary/aromatic N) is 1. The first-order chi connectivity index (χ1) is 7.72. The predicted octanol–water partition coefficient (Wildman–Crippen LogP) is 2.51. The number of aromatic amines is 1. The van der Waals surface area contributed by atoms with Gasteiger partial charge in [0.2, 0.25) is 0 Å². The van der Waals surface area contributed by atoms with Gasteiger partial charge in [0.15, 0.2) is 0 Å². The van der Waals surface area contributed by atoms with E-state index in [1.165, 1.54) is 0 Å². The zero-order chi connectivity index (χ0) is 11.1. The number of phenols is 1. The molecule has 84 valence electrons. The van der Waals surface area contributed by atoms with Gasteiger partial charge in [-0.2, -0.15) is 0 Å². The second-order valence-corrected chi connectivity index (χ2v) is 4.34. The van der Waals surface area contributed by atoms with Gasteiger partial charge in [0.1, 0.15) is 17.7 Å². The molecule has 3 rings (SSSR count). The Hall–Kier alpha value is -1.55. The fourth-order valence-corrected chi connectivity index (χ4v) is 2.17. The van der Waals surface area contributed by atoms with Gasteiger partial charge in [-0.3, -0.25) is 0 Å². The molecule has 1 aromatic carbocycles. The van der Waals surface area contributed by atoms with Gasteiger partial charge in [0, 0.05) is 6.07 Å². The highest BCUT2D eigenvalue weighted by molar-refractivity contribution is 5.76. The number of imidazole rings is 1. The quantitative estimate of drug-likeness (QED) is 0.773. The van der Waals surface area contributed by atoms with Gasteiger partial charge in [-0.15, -0.1) is 0 Å². The number of aromatic nitrogens is 2. The summed E-state index contributed by atoms with van der Waals surface area (Å²) >= 11 is 0. The van der Waals surface area contributed by atoms with Crippen molar-refractivity contribution >= 4 is 11.0 Å². The minimum Gasteiger partial charge on any atom is -0.508 e. The van der Waals surface area contributed by atoms with Crippen molar-refractivity contribution in [1.29, 1.82) is 0 Å². The van der Waals surface area contributed by atoms with Gasteiger partial charge in [-0.1, -0.05) is 0 Å².